The molecule has 2 heteroatoms. The minimum atomic E-state index is 0.583. The quantitative estimate of drug-likeness (QED) is 0.426. The van der Waals surface area contributed by atoms with E-state index in [1.165, 1.54) is 35.1 Å². The van der Waals surface area contributed by atoms with Crippen molar-refractivity contribution in [1.82, 2.24) is 0 Å². The Labute approximate surface area is 156 Å². The third kappa shape index (κ3) is 5.94. The van der Waals surface area contributed by atoms with Crippen molar-refractivity contribution in [2.45, 2.75) is 105 Å². The van der Waals surface area contributed by atoms with E-state index >= 15 is 0 Å². The Morgan fingerprint density at radius 1 is 0.600 bits per heavy atom. The first kappa shape index (κ1) is 21.9. The van der Waals surface area contributed by atoms with E-state index in [1.54, 1.807) is 0 Å². The summed E-state index contributed by atoms with van der Waals surface area (Å²) >= 11 is 0. The summed E-state index contributed by atoms with van der Waals surface area (Å²) in [6, 6.07) is 0. The molecule has 0 saturated heterocycles. The lowest BCUT2D eigenvalue weighted by Crippen LogP contribution is -2.08. The molecule has 2 nitrogen and oxygen atoms in total. The molecule has 0 atom stereocenters. The predicted molar refractivity (Wildman–Crippen MR) is 109 cm³/mol. The molecule has 0 heterocycles. The molecule has 0 aliphatic heterocycles. The fourth-order valence-electron chi connectivity index (χ4n) is 3.65. The molecular formula is C23H40O2. The summed E-state index contributed by atoms with van der Waals surface area (Å²) in [5.74, 6) is 1.66. The van der Waals surface area contributed by atoms with Crippen LogP contribution in [0.5, 0.6) is 11.5 Å². The van der Waals surface area contributed by atoms with Gasteiger partial charge in [0, 0.05) is 22.3 Å². The van der Waals surface area contributed by atoms with Gasteiger partial charge in [-0.3, -0.25) is 0 Å². The standard InChI is InChI=1S/C23H40O2/c1-6-10-14-18-20(16-12-8-3)23(25-5)21(17-13-9-4)19(22(18)24)15-11-7-2/h24H,6-17H2,1-5H3. The first-order chi connectivity index (χ1) is 12.2. The first-order valence-electron chi connectivity index (χ1n) is 10.6. The molecule has 0 aliphatic carbocycles. The van der Waals surface area contributed by atoms with E-state index in [4.69, 9.17) is 4.74 Å². The lowest BCUT2D eigenvalue weighted by atomic mass is 9.86. The van der Waals surface area contributed by atoms with Crippen LogP contribution >= 0.6 is 0 Å². The van der Waals surface area contributed by atoms with Gasteiger partial charge in [0.25, 0.3) is 0 Å². The van der Waals surface area contributed by atoms with Crippen LogP contribution in [0.1, 0.15) is 101 Å². The second kappa shape index (κ2) is 12.2. The van der Waals surface area contributed by atoms with E-state index in [1.807, 2.05) is 7.11 Å². The summed E-state index contributed by atoms with van der Waals surface area (Å²) in [5.41, 5.74) is 4.89. The summed E-state index contributed by atoms with van der Waals surface area (Å²) in [6.45, 7) is 8.89. The smallest absolute Gasteiger partial charge is 0.126 e. The summed E-state index contributed by atoms with van der Waals surface area (Å²) in [6.07, 6.45) is 13.1. The molecular weight excluding hydrogens is 308 g/mol. The minimum Gasteiger partial charge on any atom is -0.507 e. The van der Waals surface area contributed by atoms with Crippen molar-refractivity contribution < 1.29 is 9.84 Å². The van der Waals surface area contributed by atoms with Crippen molar-refractivity contribution >= 4 is 0 Å². The second-order valence-corrected chi connectivity index (χ2v) is 7.21. The molecule has 0 spiro atoms. The molecule has 0 unspecified atom stereocenters. The topological polar surface area (TPSA) is 29.5 Å². The van der Waals surface area contributed by atoms with Crippen LogP contribution in [0.25, 0.3) is 0 Å². The van der Waals surface area contributed by atoms with E-state index in [0.717, 1.165) is 70.0 Å². The SMILES string of the molecule is CCCCc1c(O)c(CCCC)c(CCCC)c(OC)c1CCCC. The first-order valence-corrected chi connectivity index (χ1v) is 10.6. The third-order valence-electron chi connectivity index (χ3n) is 5.17. The van der Waals surface area contributed by atoms with Crippen LogP contribution in [-0.2, 0) is 25.7 Å². The Bertz CT molecular complexity index is 464. The highest BCUT2D eigenvalue weighted by Crippen LogP contribution is 2.41. The second-order valence-electron chi connectivity index (χ2n) is 7.21. The van der Waals surface area contributed by atoms with Gasteiger partial charge in [-0.05, 0) is 51.4 Å². The van der Waals surface area contributed by atoms with Crippen LogP contribution in [0.4, 0.5) is 0 Å². The Morgan fingerprint density at radius 2 is 0.920 bits per heavy atom. The van der Waals surface area contributed by atoms with Gasteiger partial charge in [-0.1, -0.05) is 53.4 Å². The van der Waals surface area contributed by atoms with Gasteiger partial charge in [0.15, 0.2) is 0 Å². The molecule has 1 aromatic rings. The molecule has 0 bridgehead atoms. The maximum atomic E-state index is 11.2. The van der Waals surface area contributed by atoms with Gasteiger partial charge in [-0.25, -0.2) is 0 Å². The number of phenolic OH excluding ortho intramolecular Hbond substituents is 1. The number of rotatable bonds is 13. The highest BCUT2D eigenvalue weighted by atomic mass is 16.5. The van der Waals surface area contributed by atoms with Gasteiger partial charge in [0.1, 0.15) is 11.5 Å². The number of hydrogen-bond donors (Lipinski definition) is 1. The highest BCUT2D eigenvalue weighted by Gasteiger charge is 2.23. The van der Waals surface area contributed by atoms with Crippen LogP contribution < -0.4 is 4.74 Å². The van der Waals surface area contributed by atoms with Gasteiger partial charge < -0.3 is 9.84 Å². The Morgan fingerprint density at radius 3 is 1.20 bits per heavy atom. The van der Waals surface area contributed by atoms with Gasteiger partial charge in [0.05, 0.1) is 7.11 Å². The predicted octanol–water partition coefficient (Wildman–Crippen LogP) is 6.77. The van der Waals surface area contributed by atoms with Crippen molar-refractivity contribution in [2.75, 3.05) is 7.11 Å². The Balaban J connectivity index is 3.50. The van der Waals surface area contributed by atoms with E-state index < -0.39 is 0 Å². The number of ether oxygens (including phenoxy) is 1. The average molecular weight is 349 g/mol. The number of phenols is 1. The zero-order chi connectivity index (χ0) is 18.7. The van der Waals surface area contributed by atoms with Crippen molar-refractivity contribution in [3.63, 3.8) is 0 Å². The van der Waals surface area contributed by atoms with Gasteiger partial charge in [-0.2, -0.15) is 0 Å². The maximum Gasteiger partial charge on any atom is 0.126 e. The molecule has 144 valence electrons. The summed E-state index contributed by atoms with van der Waals surface area (Å²) in [7, 11) is 1.81. The lowest BCUT2D eigenvalue weighted by Gasteiger charge is -2.24. The van der Waals surface area contributed by atoms with Gasteiger partial charge in [-0.15, -0.1) is 0 Å². The molecule has 25 heavy (non-hydrogen) atoms. The molecule has 0 saturated carbocycles. The largest absolute Gasteiger partial charge is 0.507 e. The summed E-state index contributed by atoms with van der Waals surface area (Å²) < 4.78 is 5.96. The number of benzene rings is 1. The van der Waals surface area contributed by atoms with E-state index in [-0.39, 0.29) is 0 Å². The summed E-state index contributed by atoms with van der Waals surface area (Å²) in [5, 5.41) is 11.2. The highest BCUT2D eigenvalue weighted by molar-refractivity contribution is 5.59. The van der Waals surface area contributed by atoms with E-state index in [9.17, 15) is 5.11 Å². The monoisotopic (exact) mass is 348 g/mol. The van der Waals surface area contributed by atoms with E-state index in [0.29, 0.717) is 5.75 Å². The normalized spacial score (nSPS) is 11.1. The van der Waals surface area contributed by atoms with Crippen LogP contribution in [-0.4, -0.2) is 12.2 Å². The minimum absolute atomic E-state index is 0.583. The van der Waals surface area contributed by atoms with Gasteiger partial charge in [0.2, 0.25) is 0 Å². The third-order valence-corrected chi connectivity index (χ3v) is 5.17. The van der Waals surface area contributed by atoms with Crippen molar-refractivity contribution in [3.05, 3.63) is 22.3 Å². The number of aromatic hydroxyl groups is 1. The van der Waals surface area contributed by atoms with Crippen LogP contribution in [0.2, 0.25) is 0 Å². The molecule has 0 amide bonds. The maximum absolute atomic E-state index is 11.2. The van der Waals surface area contributed by atoms with Crippen molar-refractivity contribution in [2.24, 2.45) is 0 Å². The Hall–Kier alpha value is -1.18. The number of hydrogen-bond acceptors (Lipinski definition) is 2. The number of unbranched alkanes of at least 4 members (excludes halogenated alkanes) is 4. The summed E-state index contributed by atoms with van der Waals surface area (Å²) in [4.78, 5) is 0. The fraction of sp³-hybridized carbons (Fsp3) is 0.739. The van der Waals surface area contributed by atoms with Crippen molar-refractivity contribution in [3.8, 4) is 11.5 Å². The van der Waals surface area contributed by atoms with Crippen LogP contribution in [0.3, 0.4) is 0 Å². The molecule has 1 N–H and O–H groups in total. The molecule has 1 aromatic carbocycles. The van der Waals surface area contributed by atoms with Crippen molar-refractivity contribution in [1.29, 1.82) is 0 Å². The number of methoxy groups -OCH3 is 1. The molecule has 0 fully saturated rings. The average Bonchev–Trinajstić information content (AvgIpc) is 2.62. The fourth-order valence-corrected chi connectivity index (χ4v) is 3.65. The zero-order valence-corrected chi connectivity index (χ0v) is 17.3. The van der Waals surface area contributed by atoms with Gasteiger partial charge >= 0.3 is 0 Å². The van der Waals surface area contributed by atoms with Crippen LogP contribution in [0.15, 0.2) is 0 Å². The van der Waals surface area contributed by atoms with E-state index in [2.05, 4.69) is 27.7 Å². The molecule has 0 aliphatic rings. The Kier molecular flexibility index (Phi) is 10.7. The molecule has 1 rings (SSSR count). The molecule has 0 radical (unpaired) electrons. The lowest BCUT2D eigenvalue weighted by molar-refractivity contribution is 0.394. The van der Waals surface area contributed by atoms with Crippen LogP contribution in [0, 0.1) is 0 Å². The molecule has 0 aromatic heterocycles. The zero-order valence-electron chi connectivity index (χ0n) is 17.3.